The number of aryl methyl sites for hydroxylation is 2. The Morgan fingerprint density at radius 3 is 2.85 bits per heavy atom. The Labute approximate surface area is 156 Å². The highest BCUT2D eigenvalue weighted by atomic mass is 16.2. The van der Waals surface area contributed by atoms with Crippen LogP contribution < -0.4 is 0 Å². The Kier molecular flexibility index (Phi) is 5.67. The maximum absolute atomic E-state index is 12.5. The third-order valence-electron chi connectivity index (χ3n) is 4.88. The first-order valence-electron chi connectivity index (χ1n) is 9.27. The van der Waals surface area contributed by atoms with E-state index in [9.17, 15) is 4.79 Å². The number of aromatic nitrogens is 2. The summed E-state index contributed by atoms with van der Waals surface area (Å²) in [4.78, 5) is 25.7. The number of hydrogen-bond donors (Lipinski definition) is 0. The first-order chi connectivity index (χ1) is 12.4. The van der Waals surface area contributed by atoms with Crippen molar-refractivity contribution in [2.45, 2.75) is 32.6 Å². The lowest BCUT2D eigenvalue weighted by Crippen LogP contribution is -2.43. The number of amides is 1. The summed E-state index contributed by atoms with van der Waals surface area (Å²) in [5.41, 5.74) is 4.54. The van der Waals surface area contributed by atoms with E-state index in [1.165, 1.54) is 5.56 Å². The Hall–Kier alpha value is -2.27. The average Bonchev–Trinajstić information content (AvgIpc) is 2.61. The molecule has 1 saturated heterocycles. The minimum atomic E-state index is 0.197. The standard InChI is InChI=1S/C21H28N4O/c1-15-7-5-8-17(11-15)19-12-22-16(2)23-21(19)18-9-6-10-25(13-18)20(26)14-24(3)4/h5,7-8,11-12,18H,6,9-10,13-14H2,1-4H3. The number of carbonyl (C=O) groups excluding carboxylic acids is 1. The molecule has 5 heteroatoms. The van der Waals surface area contributed by atoms with Crippen molar-refractivity contribution in [3.8, 4) is 11.1 Å². The van der Waals surface area contributed by atoms with Gasteiger partial charge in [-0.05, 0) is 46.3 Å². The first-order valence-corrected chi connectivity index (χ1v) is 9.27. The Bertz CT molecular complexity index is 787. The van der Waals surface area contributed by atoms with Crippen LogP contribution in [-0.4, -0.2) is 59.4 Å². The molecular formula is C21H28N4O. The van der Waals surface area contributed by atoms with Crippen LogP contribution in [0.2, 0.25) is 0 Å². The molecule has 1 aliphatic rings. The van der Waals surface area contributed by atoms with Crippen molar-refractivity contribution in [2.75, 3.05) is 33.7 Å². The van der Waals surface area contributed by atoms with Crippen molar-refractivity contribution in [1.29, 1.82) is 0 Å². The molecule has 1 unspecified atom stereocenters. The molecule has 0 aliphatic carbocycles. The molecule has 1 amide bonds. The zero-order chi connectivity index (χ0) is 18.7. The second kappa shape index (κ2) is 7.96. The second-order valence-corrected chi connectivity index (χ2v) is 7.50. The van der Waals surface area contributed by atoms with Gasteiger partial charge in [0.15, 0.2) is 0 Å². The van der Waals surface area contributed by atoms with Crippen LogP contribution in [0.4, 0.5) is 0 Å². The van der Waals surface area contributed by atoms with Crippen LogP contribution >= 0.6 is 0 Å². The number of carbonyl (C=O) groups is 1. The van der Waals surface area contributed by atoms with E-state index >= 15 is 0 Å². The SMILES string of the molecule is Cc1cccc(-c2cnc(C)nc2C2CCCN(C(=O)CN(C)C)C2)c1. The van der Waals surface area contributed by atoms with Crippen LogP contribution in [0.15, 0.2) is 30.5 Å². The topological polar surface area (TPSA) is 49.3 Å². The summed E-state index contributed by atoms with van der Waals surface area (Å²) in [6.07, 6.45) is 4.01. The summed E-state index contributed by atoms with van der Waals surface area (Å²) in [5.74, 6) is 1.24. The lowest BCUT2D eigenvalue weighted by molar-refractivity contribution is -0.133. The summed E-state index contributed by atoms with van der Waals surface area (Å²) in [7, 11) is 3.87. The highest BCUT2D eigenvalue weighted by molar-refractivity contribution is 5.78. The molecule has 1 aromatic heterocycles. The molecule has 0 radical (unpaired) electrons. The molecule has 3 rings (SSSR count). The average molecular weight is 352 g/mol. The van der Waals surface area contributed by atoms with Crippen LogP contribution in [0.25, 0.3) is 11.1 Å². The maximum atomic E-state index is 12.5. The number of hydrogen-bond acceptors (Lipinski definition) is 4. The molecule has 1 atom stereocenters. The Balaban J connectivity index is 1.90. The number of benzene rings is 1. The first kappa shape index (κ1) is 18.5. The fourth-order valence-corrected chi connectivity index (χ4v) is 3.63. The lowest BCUT2D eigenvalue weighted by Gasteiger charge is -2.34. The van der Waals surface area contributed by atoms with E-state index in [-0.39, 0.29) is 11.8 Å². The molecule has 5 nitrogen and oxygen atoms in total. The van der Waals surface area contributed by atoms with Crippen molar-refractivity contribution in [3.63, 3.8) is 0 Å². The Morgan fingerprint density at radius 2 is 2.12 bits per heavy atom. The van der Waals surface area contributed by atoms with Gasteiger partial charge in [-0.15, -0.1) is 0 Å². The van der Waals surface area contributed by atoms with Gasteiger partial charge in [0.25, 0.3) is 0 Å². The summed E-state index contributed by atoms with van der Waals surface area (Å²) in [6, 6.07) is 8.46. The molecule has 0 saturated carbocycles. The van der Waals surface area contributed by atoms with Gasteiger partial charge in [-0.3, -0.25) is 4.79 Å². The maximum Gasteiger partial charge on any atom is 0.236 e. The van der Waals surface area contributed by atoms with Gasteiger partial charge in [-0.1, -0.05) is 29.8 Å². The highest BCUT2D eigenvalue weighted by Gasteiger charge is 2.28. The molecule has 0 bridgehead atoms. The number of likely N-dealkylation sites (tertiary alicyclic amines) is 1. The zero-order valence-electron chi connectivity index (χ0n) is 16.2. The normalized spacial score (nSPS) is 17.6. The van der Waals surface area contributed by atoms with Crippen molar-refractivity contribution >= 4 is 5.91 Å². The number of likely N-dealkylation sites (N-methyl/N-ethyl adjacent to an activating group) is 1. The van der Waals surface area contributed by atoms with Crippen molar-refractivity contribution in [3.05, 3.63) is 47.5 Å². The largest absolute Gasteiger partial charge is 0.341 e. The van der Waals surface area contributed by atoms with Gasteiger partial charge in [0.1, 0.15) is 5.82 Å². The minimum Gasteiger partial charge on any atom is -0.341 e. The minimum absolute atomic E-state index is 0.197. The molecule has 1 fully saturated rings. The van der Waals surface area contributed by atoms with Gasteiger partial charge < -0.3 is 9.80 Å². The van der Waals surface area contributed by atoms with E-state index in [1.807, 2.05) is 37.0 Å². The summed E-state index contributed by atoms with van der Waals surface area (Å²) >= 11 is 0. The van der Waals surface area contributed by atoms with Crippen LogP contribution in [-0.2, 0) is 4.79 Å². The molecule has 1 aliphatic heterocycles. The van der Waals surface area contributed by atoms with E-state index in [2.05, 4.69) is 36.2 Å². The molecule has 1 aromatic carbocycles. The number of piperidine rings is 1. The van der Waals surface area contributed by atoms with E-state index < -0.39 is 0 Å². The quantitative estimate of drug-likeness (QED) is 0.849. The fourth-order valence-electron chi connectivity index (χ4n) is 3.63. The van der Waals surface area contributed by atoms with Crippen LogP contribution in [0, 0.1) is 13.8 Å². The van der Waals surface area contributed by atoms with E-state index in [0.29, 0.717) is 6.54 Å². The van der Waals surface area contributed by atoms with Crippen LogP contribution in [0.3, 0.4) is 0 Å². The van der Waals surface area contributed by atoms with Crippen LogP contribution in [0.1, 0.15) is 35.8 Å². The summed E-state index contributed by atoms with van der Waals surface area (Å²) in [6.45, 7) is 6.07. The molecule has 2 heterocycles. The van der Waals surface area contributed by atoms with Gasteiger partial charge in [-0.2, -0.15) is 0 Å². The molecular weight excluding hydrogens is 324 g/mol. The fraction of sp³-hybridized carbons (Fsp3) is 0.476. The number of rotatable bonds is 4. The van der Waals surface area contributed by atoms with Gasteiger partial charge in [0.05, 0.1) is 12.2 Å². The Morgan fingerprint density at radius 1 is 1.31 bits per heavy atom. The smallest absolute Gasteiger partial charge is 0.236 e. The number of nitrogens with zero attached hydrogens (tertiary/aromatic N) is 4. The zero-order valence-corrected chi connectivity index (χ0v) is 16.2. The van der Waals surface area contributed by atoms with Crippen molar-refractivity contribution in [1.82, 2.24) is 19.8 Å². The monoisotopic (exact) mass is 352 g/mol. The third-order valence-corrected chi connectivity index (χ3v) is 4.88. The van der Waals surface area contributed by atoms with Gasteiger partial charge in [0.2, 0.25) is 5.91 Å². The third kappa shape index (κ3) is 4.28. The second-order valence-electron chi connectivity index (χ2n) is 7.50. The predicted octanol–water partition coefficient (Wildman–Crippen LogP) is 3.03. The van der Waals surface area contributed by atoms with E-state index in [0.717, 1.165) is 48.6 Å². The molecule has 138 valence electrons. The summed E-state index contributed by atoms with van der Waals surface area (Å²) < 4.78 is 0. The lowest BCUT2D eigenvalue weighted by atomic mass is 9.89. The van der Waals surface area contributed by atoms with E-state index in [4.69, 9.17) is 4.98 Å². The molecule has 0 spiro atoms. The molecule has 0 N–H and O–H groups in total. The molecule has 2 aromatic rings. The summed E-state index contributed by atoms with van der Waals surface area (Å²) in [5, 5.41) is 0. The van der Waals surface area contributed by atoms with Gasteiger partial charge in [0, 0.05) is 30.8 Å². The van der Waals surface area contributed by atoms with Gasteiger partial charge in [-0.25, -0.2) is 9.97 Å². The van der Waals surface area contributed by atoms with Crippen molar-refractivity contribution in [2.24, 2.45) is 0 Å². The highest BCUT2D eigenvalue weighted by Crippen LogP contribution is 2.33. The van der Waals surface area contributed by atoms with E-state index in [1.54, 1.807) is 0 Å². The molecule has 26 heavy (non-hydrogen) atoms. The predicted molar refractivity (Wildman–Crippen MR) is 104 cm³/mol. The van der Waals surface area contributed by atoms with Gasteiger partial charge >= 0.3 is 0 Å². The van der Waals surface area contributed by atoms with Crippen molar-refractivity contribution < 1.29 is 4.79 Å². The van der Waals surface area contributed by atoms with Crippen LogP contribution in [0.5, 0.6) is 0 Å².